The maximum absolute atomic E-state index is 13.8. The summed E-state index contributed by atoms with van der Waals surface area (Å²) in [6, 6.07) is 8.62. The van der Waals surface area contributed by atoms with Gasteiger partial charge >= 0.3 is 0 Å². The smallest absolute Gasteiger partial charge is 0.165 e. The van der Waals surface area contributed by atoms with E-state index in [9.17, 15) is 8.78 Å². The number of benzene rings is 2. The van der Waals surface area contributed by atoms with Gasteiger partial charge in [0.05, 0.1) is 12.1 Å². The minimum Gasteiger partial charge on any atom is -0.494 e. The Morgan fingerprint density at radius 1 is 1.25 bits per heavy atom. The fourth-order valence-corrected chi connectivity index (χ4v) is 2.19. The number of hydrogen-bond donors (Lipinski definition) is 1. The van der Waals surface area contributed by atoms with Gasteiger partial charge < -0.3 is 10.5 Å². The van der Waals surface area contributed by atoms with Crippen LogP contribution in [0.15, 0.2) is 36.4 Å². The van der Waals surface area contributed by atoms with E-state index < -0.39 is 17.7 Å². The lowest BCUT2D eigenvalue weighted by atomic mass is 9.99. The van der Waals surface area contributed by atoms with Crippen molar-refractivity contribution in [2.45, 2.75) is 12.5 Å². The highest BCUT2D eigenvalue weighted by Crippen LogP contribution is 2.26. The number of nitrogens with two attached hydrogens (primary N) is 1. The Morgan fingerprint density at radius 3 is 2.65 bits per heavy atom. The molecule has 106 valence electrons. The van der Waals surface area contributed by atoms with Crippen LogP contribution in [0.5, 0.6) is 5.75 Å². The van der Waals surface area contributed by atoms with Gasteiger partial charge in [-0.15, -0.1) is 0 Å². The van der Waals surface area contributed by atoms with E-state index in [2.05, 4.69) is 0 Å². The summed E-state index contributed by atoms with van der Waals surface area (Å²) < 4.78 is 32.3. The average Bonchev–Trinajstić information content (AvgIpc) is 2.42. The number of hydrogen-bond acceptors (Lipinski definition) is 2. The fourth-order valence-electron chi connectivity index (χ4n) is 2.01. The lowest BCUT2D eigenvalue weighted by molar-refractivity contribution is 0.386. The second-order valence-electron chi connectivity index (χ2n) is 4.42. The highest BCUT2D eigenvalue weighted by Gasteiger charge is 2.15. The molecule has 0 aromatic heterocycles. The van der Waals surface area contributed by atoms with Crippen LogP contribution < -0.4 is 10.5 Å². The van der Waals surface area contributed by atoms with Crippen LogP contribution in [0.25, 0.3) is 0 Å². The van der Waals surface area contributed by atoms with Crippen molar-refractivity contribution in [3.63, 3.8) is 0 Å². The zero-order chi connectivity index (χ0) is 14.7. The number of rotatable bonds is 4. The lowest BCUT2D eigenvalue weighted by Crippen LogP contribution is -2.15. The Morgan fingerprint density at radius 2 is 2.00 bits per heavy atom. The van der Waals surface area contributed by atoms with Gasteiger partial charge in [-0.3, -0.25) is 0 Å². The quantitative estimate of drug-likeness (QED) is 0.930. The SMILES string of the molecule is COc1ccc(CC(N)c2cccc(Cl)c2F)cc1F. The topological polar surface area (TPSA) is 35.2 Å². The first kappa shape index (κ1) is 14.8. The minimum atomic E-state index is -0.596. The van der Waals surface area contributed by atoms with Crippen LogP contribution in [0.3, 0.4) is 0 Å². The van der Waals surface area contributed by atoms with Crippen molar-refractivity contribution >= 4 is 11.6 Å². The van der Waals surface area contributed by atoms with Crippen LogP contribution in [-0.2, 0) is 6.42 Å². The molecule has 0 fully saturated rings. The van der Waals surface area contributed by atoms with Gasteiger partial charge in [0.25, 0.3) is 0 Å². The van der Waals surface area contributed by atoms with Crippen LogP contribution >= 0.6 is 11.6 Å². The van der Waals surface area contributed by atoms with E-state index in [1.54, 1.807) is 18.2 Å². The van der Waals surface area contributed by atoms with Crippen molar-refractivity contribution in [2.24, 2.45) is 5.73 Å². The van der Waals surface area contributed by atoms with E-state index >= 15 is 0 Å². The van der Waals surface area contributed by atoms with Crippen LogP contribution in [0.4, 0.5) is 8.78 Å². The third kappa shape index (κ3) is 3.08. The van der Waals surface area contributed by atoms with Gasteiger partial charge in [0, 0.05) is 11.6 Å². The molecule has 2 N–H and O–H groups in total. The van der Waals surface area contributed by atoms with Gasteiger partial charge in [0.2, 0.25) is 0 Å². The molecule has 5 heteroatoms. The molecule has 1 unspecified atom stereocenters. The first-order valence-corrected chi connectivity index (χ1v) is 6.42. The van der Waals surface area contributed by atoms with Gasteiger partial charge in [-0.25, -0.2) is 8.78 Å². The third-order valence-electron chi connectivity index (χ3n) is 3.05. The predicted octanol–water partition coefficient (Wildman–Crippen LogP) is 3.87. The molecule has 0 bridgehead atoms. The molecule has 0 saturated carbocycles. The predicted molar refractivity (Wildman–Crippen MR) is 75.0 cm³/mol. The second kappa shape index (κ2) is 6.20. The number of methoxy groups -OCH3 is 1. The van der Waals surface area contributed by atoms with Crippen molar-refractivity contribution in [1.29, 1.82) is 0 Å². The lowest BCUT2D eigenvalue weighted by Gasteiger charge is -2.14. The summed E-state index contributed by atoms with van der Waals surface area (Å²) in [6.07, 6.45) is 0.304. The highest BCUT2D eigenvalue weighted by molar-refractivity contribution is 6.30. The summed E-state index contributed by atoms with van der Waals surface area (Å²) in [4.78, 5) is 0. The molecule has 0 aliphatic carbocycles. The summed E-state index contributed by atoms with van der Waals surface area (Å²) in [5, 5.41) is 0.0267. The summed E-state index contributed by atoms with van der Waals surface area (Å²) in [5.74, 6) is -0.837. The van der Waals surface area contributed by atoms with Crippen molar-refractivity contribution < 1.29 is 13.5 Å². The Bertz CT molecular complexity index is 619. The standard InChI is InChI=1S/C15H14ClF2NO/c1-20-14-6-5-9(7-12(14)17)8-13(19)10-3-2-4-11(16)15(10)18/h2-7,13H,8,19H2,1H3. The molecule has 0 saturated heterocycles. The minimum absolute atomic E-state index is 0.0267. The number of ether oxygens (including phenoxy) is 1. The Labute approximate surface area is 121 Å². The zero-order valence-electron chi connectivity index (χ0n) is 10.9. The van der Waals surface area contributed by atoms with E-state index in [0.717, 1.165) is 0 Å². The molecule has 0 radical (unpaired) electrons. The Balaban J connectivity index is 2.21. The van der Waals surface area contributed by atoms with Crippen molar-refractivity contribution in [1.82, 2.24) is 0 Å². The van der Waals surface area contributed by atoms with E-state index in [0.29, 0.717) is 17.5 Å². The zero-order valence-corrected chi connectivity index (χ0v) is 11.6. The monoisotopic (exact) mass is 297 g/mol. The first-order chi connectivity index (χ1) is 9.52. The maximum Gasteiger partial charge on any atom is 0.165 e. The molecule has 2 aromatic rings. The van der Waals surface area contributed by atoms with Gasteiger partial charge in [0.1, 0.15) is 5.82 Å². The van der Waals surface area contributed by atoms with Crippen LogP contribution in [-0.4, -0.2) is 7.11 Å². The molecule has 2 rings (SSSR count). The van der Waals surface area contributed by atoms with E-state index in [4.69, 9.17) is 22.1 Å². The van der Waals surface area contributed by atoms with Crippen LogP contribution in [0, 0.1) is 11.6 Å². The van der Waals surface area contributed by atoms with Crippen LogP contribution in [0.2, 0.25) is 5.02 Å². The molecular weight excluding hydrogens is 284 g/mol. The van der Waals surface area contributed by atoms with Gasteiger partial charge in [-0.2, -0.15) is 0 Å². The molecular formula is C15H14ClF2NO. The van der Waals surface area contributed by atoms with E-state index in [1.165, 1.54) is 25.3 Å². The molecule has 2 aromatic carbocycles. The van der Waals surface area contributed by atoms with Crippen LogP contribution in [0.1, 0.15) is 17.2 Å². The van der Waals surface area contributed by atoms with E-state index in [-0.39, 0.29) is 10.8 Å². The molecule has 0 spiro atoms. The fraction of sp³-hybridized carbons (Fsp3) is 0.200. The normalized spacial score (nSPS) is 12.2. The molecule has 20 heavy (non-hydrogen) atoms. The van der Waals surface area contributed by atoms with Gasteiger partial charge in [-0.05, 0) is 30.2 Å². The van der Waals surface area contributed by atoms with E-state index in [1.807, 2.05) is 0 Å². The molecule has 0 amide bonds. The summed E-state index contributed by atoms with van der Waals surface area (Å²) in [5.41, 5.74) is 6.94. The third-order valence-corrected chi connectivity index (χ3v) is 3.34. The summed E-state index contributed by atoms with van der Waals surface area (Å²) in [6.45, 7) is 0. The van der Waals surface area contributed by atoms with Crippen molar-refractivity contribution in [3.8, 4) is 5.75 Å². The maximum atomic E-state index is 13.8. The summed E-state index contributed by atoms with van der Waals surface area (Å²) >= 11 is 5.72. The van der Waals surface area contributed by atoms with Crippen molar-refractivity contribution in [3.05, 3.63) is 64.2 Å². The number of halogens is 3. The Kier molecular flexibility index (Phi) is 4.57. The van der Waals surface area contributed by atoms with Gasteiger partial charge in [0.15, 0.2) is 11.6 Å². The van der Waals surface area contributed by atoms with Gasteiger partial charge in [-0.1, -0.05) is 29.8 Å². The van der Waals surface area contributed by atoms with Crippen molar-refractivity contribution in [2.75, 3.05) is 7.11 Å². The molecule has 0 aliphatic heterocycles. The summed E-state index contributed by atoms with van der Waals surface area (Å²) in [7, 11) is 1.39. The molecule has 2 nitrogen and oxygen atoms in total. The Hall–Kier alpha value is -1.65. The highest BCUT2D eigenvalue weighted by atomic mass is 35.5. The molecule has 0 heterocycles. The first-order valence-electron chi connectivity index (χ1n) is 6.05. The second-order valence-corrected chi connectivity index (χ2v) is 4.83. The molecule has 1 atom stereocenters. The molecule has 0 aliphatic rings. The largest absolute Gasteiger partial charge is 0.494 e. The average molecular weight is 298 g/mol.